The monoisotopic (exact) mass is 306 g/mol. The van der Waals surface area contributed by atoms with Crippen LogP contribution in [0.3, 0.4) is 0 Å². The zero-order valence-electron chi connectivity index (χ0n) is 12.1. The van der Waals surface area contributed by atoms with Gasteiger partial charge in [-0.2, -0.15) is 0 Å². The molecule has 3 nitrogen and oxygen atoms in total. The smallest absolute Gasteiger partial charge is 0.258 e. The van der Waals surface area contributed by atoms with Gasteiger partial charge in [0.2, 0.25) is 5.89 Å². The molecular formula is C18H14N2OS. The molecule has 0 spiro atoms. The first-order valence-electron chi connectivity index (χ1n) is 7.25. The summed E-state index contributed by atoms with van der Waals surface area (Å²) in [7, 11) is 0. The van der Waals surface area contributed by atoms with Gasteiger partial charge in [0.25, 0.3) is 5.89 Å². The number of nitrogens with zero attached hydrogens (tertiary/aromatic N) is 2. The normalized spacial score (nSPS) is 11.1. The molecule has 0 amide bonds. The van der Waals surface area contributed by atoms with Gasteiger partial charge in [-0.1, -0.05) is 49.4 Å². The van der Waals surface area contributed by atoms with Crippen LogP contribution in [0.1, 0.15) is 12.5 Å². The van der Waals surface area contributed by atoms with Crippen molar-refractivity contribution in [3.63, 3.8) is 0 Å². The molecule has 0 aliphatic heterocycles. The molecule has 0 fully saturated rings. The highest BCUT2D eigenvalue weighted by Gasteiger charge is 2.16. The number of benzene rings is 2. The standard InChI is InChI=1S/C18H14N2OS/c1-2-12-9-10-13-6-3-4-7-14(13)16(12)18-20-19-17(21-18)15-8-5-11-22-15/h3-11H,2H2,1H3. The highest BCUT2D eigenvalue weighted by molar-refractivity contribution is 7.13. The topological polar surface area (TPSA) is 38.9 Å². The molecule has 2 aromatic heterocycles. The molecule has 4 heteroatoms. The summed E-state index contributed by atoms with van der Waals surface area (Å²) >= 11 is 1.60. The fourth-order valence-electron chi connectivity index (χ4n) is 2.69. The number of hydrogen-bond donors (Lipinski definition) is 0. The highest BCUT2D eigenvalue weighted by atomic mass is 32.1. The third-order valence-corrected chi connectivity index (χ3v) is 4.62. The number of hydrogen-bond acceptors (Lipinski definition) is 4. The second kappa shape index (κ2) is 5.39. The number of rotatable bonds is 3. The molecule has 4 rings (SSSR count). The Bertz CT molecular complexity index is 925. The Balaban J connectivity index is 1.93. The van der Waals surface area contributed by atoms with Gasteiger partial charge in [-0.25, -0.2) is 0 Å². The van der Waals surface area contributed by atoms with Crippen molar-refractivity contribution in [3.8, 4) is 22.2 Å². The second-order valence-electron chi connectivity index (χ2n) is 5.06. The zero-order valence-corrected chi connectivity index (χ0v) is 12.9. The van der Waals surface area contributed by atoms with E-state index in [2.05, 4.69) is 41.4 Å². The molecule has 0 bridgehead atoms. The Kier molecular flexibility index (Phi) is 3.24. The van der Waals surface area contributed by atoms with E-state index in [0.29, 0.717) is 11.8 Å². The van der Waals surface area contributed by atoms with Gasteiger partial charge < -0.3 is 4.42 Å². The van der Waals surface area contributed by atoms with Crippen LogP contribution in [0.5, 0.6) is 0 Å². The van der Waals surface area contributed by atoms with Gasteiger partial charge in [0.1, 0.15) is 0 Å². The lowest BCUT2D eigenvalue weighted by atomic mass is 9.97. The molecule has 2 heterocycles. The quantitative estimate of drug-likeness (QED) is 0.523. The summed E-state index contributed by atoms with van der Waals surface area (Å²) in [6.07, 6.45) is 0.927. The molecule has 0 saturated carbocycles. The van der Waals surface area contributed by atoms with E-state index in [1.165, 1.54) is 10.9 Å². The Labute approximate surface area is 132 Å². The van der Waals surface area contributed by atoms with E-state index in [9.17, 15) is 0 Å². The minimum absolute atomic E-state index is 0.583. The van der Waals surface area contributed by atoms with Crippen molar-refractivity contribution in [2.24, 2.45) is 0 Å². The van der Waals surface area contributed by atoms with E-state index >= 15 is 0 Å². The molecule has 108 valence electrons. The molecule has 0 aliphatic carbocycles. The van der Waals surface area contributed by atoms with E-state index in [4.69, 9.17) is 4.42 Å². The predicted molar refractivity (Wildman–Crippen MR) is 89.9 cm³/mol. The molecule has 22 heavy (non-hydrogen) atoms. The minimum Gasteiger partial charge on any atom is -0.415 e. The predicted octanol–water partition coefficient (Wildman–Crippen LogP) is 5.18. The summed E-state index contributed by atoms with van der Waals surface area (Å²) in [6, 6.07) is 16.6. The van der Waals surface area contributed by atoms with E-state index < -0.39 is 0 Å². The second-order valence-corrected chi connectivity index (χ2v) is 6.01. The van der Waals surface area contributed by atoms with Gasteiger partial charge in [0.15, 0.2) is 0 Å². The van der Waals surface area contributed by atoms with Crippen LogP contribution in [-0.2, 0) is 6.42 Å². The van der Waals surface area contributed by atoms with Gasteiger partial charge >= 0.3 is 0 Å². The molecular weight excluding hydrogens is 292 g/mol. The number of aryl methyl sites for hydroxylation is 1. The van der Waals surface area contributed by atoms with E-state index in [-0.39, 0.29) is 0 Å². The number of thiophene rings is 1. The Morgan fingerprint density at radius 3 is 2.64 bits per heavy atom. The first-order chi connectivity index (χ1) is 10.9. The van der Waals surface area contributed by atoms with Gasteiger partial charge in [-0.3, -0.25) is 0 Å². The van der Waals surface area contributed by atoms with Gasteiger partial charge in [0, 0.05) is 5.56 Å². The van der Waals surface area contributed by atoms with E-state index in [0.717, 1.165) is 22.2 Å². The molecule has 0 unspecified atom stereocenters. The van der Waals surface area contributed by atoms with Crippen molar-refractivity contribution in [2.75, 3.05) is 0 Å². The first-order valence-corrected chi connectivity index (χ1v) is 8.13. The molecule has 0 saturated heterocycles. The van der Waals surface area contributed by atoms with Crippen molar-refractivity contribution in [1.82, 2.24) is 10.2 Å². The minimum atomic E-state index is 0.583. The van der Waals surface area contributed by atoms with Crippen LogP contribution < -0.4 is 0 Å². The van der Waals surface area contributed by atoms with Crippen molar-refractivity contribution >= 4 is 22.1 Å². The third-order valence-electron chi connectivity index (χ3n) is 3.77. The fourth-order valence-corrected chi connectivity index (χ4v) is 3.33. The Hall–Kier alpha value is -2.46. The van der Waals surface area contributed by atoms with Crippen LogP contribution in [0.15, 0.2) is 58.3 Å². The van der Waals surface area contributed by atoms with Crippen LogP contribution >= 0.6 is 11.3 Å². The zero-order chi connectivity index (χ0) is 14.9. The van der Waals surface area contributed by atoms with Crippen molar-refractivity contribution in [2.45, 2.75) is 13.3 Å². The maximum absolute atomic E-state index is 5.95. The number of fused-ring (bicyclic) bond motifs is 1. The molecule has 0 aliphatic rings. The lowest BCUT2D eigenvalue weighted by Gasteiger charge is -2.08. The average molecular weight is 306 g/mol. The lowest BCUT2D eigenvalue weighted by Crippen LogP contribution is -1.90. The number of aromatic nitrogens is 2. The largest absolute Gasteiger partial charge is 0.415 e. The lowest BCUT2D eigenvalue weighted by molar-refractivity contribution is 0.586. The first kappa shape index (κ1) is 13.2. The van der Waals surface area contributed by atoms with Gasteiger partial charge in [-0.15, -0.1) is 21.5 Å². The summed E-state index contributed by atoms with van der Waals surface area (Å²) in [5, 5.41) is 12.9. The molecule has 0 radical (unpaired) electrons. The summed E-state index contributed by atoms with van der Waals surface area (Å²) in [4.78, 5) is 0.997. The van der Waals surface area contributed by atoms with Crippen LogP contribution in [0.2, 0.25) is 0 Å². The van der Waals surface area contributed by atoms with Crippen LogP contribution in [0.4, 0.5) is 0 Å². The van der Waals surface area contributed by atoms with Crippen LogP contribution in [0, 0.1) is 0 Å². The van der Waals surface area contributed by atoms with E-state index in [1.54, 1.807) is 11.3 Å². The van der Waals surface area contributed by atoms with Crippen molar-refractivity contribution in [3.05, 3.63) is 59.5 Å². The average Bonchev–Trinajstić information content (AvgIpc) is 3.24. The maximum Gasteiger partial charge on any atom is 0.258 e. The van der Waals surface area contributed by atoms with E-state index in [1.807, 2.05) is 29.6 Å². The molecule has 2 aromatic carbocycles. The maximum atomic E-state index is 5.95. The summed E-state index contributed by atoms with van der Waals surface area (Å²) in [5.41, 5.74) is 2.27. The molecule has 0 N–H and O–H groups in total. The molecule has 4 aromatic rings. The summed E-state index contributed by atoms with van der Waals surface area (Å²) < 4.78 is 5.95. The van der Waals surface area contributed by atoms with Crippen LogP contribution in [-0.4, -0.2) is 10.2 Å². The van der Waals surface area contributed by atoms with Gasteiger partial charge in [-0.05, 0) is 34.2 Å². The fraction of sp³-hybridized carbons (Fsp3) is 0.111. The highest BCUT2D eigenvalue weighted by Crippen LogP contribution is 2.34. The summed E-state index contributed by atoms with van der Waals surface area (Å²) in [5.74, 6) is 1.18. The van der Waals surface area contributed by atoms with Crippen LogP contribution in [0.25, 0.3) is 33.0 Å². The third kappa shape index (κ3) is 2.12. The SMILES string of the molecule is CCc1ccc2ccccc2c1-c1nnc(-c2cccs2)o1. The summed E-state index contributed by atoms with van der Waals surface area (Å²) in [6.45, 7) is 2.14. The Morgan fingerprint density at radius 1 is 0.955 bits per heavy atom. The molecule has 0 atom stereocenters. The van der Waals surface area contributed by atoms with Gasteiger partial charge in [0.05, 0.1) is 4.88 Å². The Morgan fingerprint density at radius 2 is 1.82 bits per heavy atom. The van der Waals surface area contributed by atoms with Crippen molar-refractivity contribution < 1.29 is 4.42 Å². The van der Waals surface area contributed by atoms with Crippen molar-refractivity contribution in [1.29, 1.82) is 0 Å².